The van der Waals surface area contributed by atoms with E-state index in [2.05, 4.69) is 91.8 Å². The van der Waals surface area contributed by atoms with Gasteiger partial charge in [0.05, 0.1) is 6.20 Å². The quantitative estimate of drug-likeness (QED) is 0.420. The van der Waals surface area contributed by atoms with Crippen LogP contribution in [-0.4, -0.2) is 14.8 Å². The molecule has 0 saturated heterocycles. The zero-order valence-corrected chi connectivity index (χ0v) is 17.8. The summed E-state index contributed by atoms with van der Waals surface area (Å²) in [6.07, 6.45) is 7.08. The maximum atomic E-state index is 4.30. The first-order chi connectivity index (χ1) is 13.6. The van der Waals surface area contributed by atoms with E-state index in [0.717, 1.165) is 13.0 Å². The van der Waals surface area contributed by atoms with Gasteiger partial charge in [0.15, 0.2) is 0 Å². The van der Waals surface area contributed by atoms with Crippen molar-refractivity contribution in [1.82, 2.24) is 14.8 Å². The molecule has 0 fully saturated rings. The summed E-state index contributed by atoms with van der Waals surface area (Å²) in [4.78, 5) is 3.30. The van der Waals surface area contributed by atoms with Gasteiger partial charge in [-0.1, -0.05) is 76.2 Å². The van der Waals surface area contributed by atoms with Gasteiger partial charge in [0.1, 0.15) is 0 Å². The molecule has 0 aliphatic heterocycles. The number of benzene rings is 2. The maximum Gasteiger partial charge on any atom is 0.0518 e. The van der Waals surface area contributed by atoms with Gasteiger partial charge < -0.3 is 4.98 Å². The van der Waals surface area contributed by atoms with Crippen molar-refractivity contribution in [2.75, 3.05) is 0 Å². The summed E-state index contributed by atoms with van der Waals surface area (Å²) in [6.45, 7) is 11.4. The van der Waals surface area contributed by atoms with Gasteiger partial charge in [0.2, 0.25) is 0 Å². The summed E-state index contributed by atoms with van der Waals surface area (Å²) >= 11 is 0. The number of nitrogens with one attached hydrogen (secondary N) is 1. The Kier molecular flexibility index (Phi) is 8.54. The number of fused-ring (bicyclic) bond motifs is 1. The minimum atomic E-state index is 0.659. The number of H-pyrrole nitrogens is 1. The molecule has 0 aliphatic rings. The van der Waals surface area contributed by atoms with Crippen molar-refractivity contribution < 1.29 is 0 Å². The van der Waals surface area contributed by atoms with Crippen LogP contribution in [0, 0.1) is 6.92 Å². The molecular formula is C25H33N3. The molecule has 2 aromatic heterocycles. The van der Waals surface area contributed by atoms with Gasteiger partial charge in [-0.3, -0.25) is 4.68 Å². The van der Waals surface area contributed by atoms with Gasteiger partial charge in [0.25, 0.3) is 0 Å². The lowest BCUT2D eigenvalue weighted by molar-refractivity contribution is 0.616. The van der Waals surface area contributed by atoms with Crippen LogP contribution in [0.4, 0.5) is 0 Å². The molecule has 0 radical (unpaired) electrons. The fraction of sp³-hybridized carbons (Fsp3) is 0.320. The average molecular weight is 376 g/mol. The van der Waals surface area contributed by atoms with E-state index in [4.69, 9.17) is 0 Å². The van der Waals surface area contributed by atoms with Crippen LogP contribution in [0.3, 0.4) is 0 Å². The van der Waals surface area contributed by atoms with E-state index in [1.165, 1.54) is 27.6 Å². The van der Waals surface area contributed by atoms with Crippen LogP contribution >= 0.6 is 0 Å². The Balaban J connectivity index is 0.000000216. The zero-order valence-electron chi connectivity index (χ0n) is 17.8. The third kappa shape index (κ3) is 6.12. The van der Waals surface area contributed by atoms with Gasteiger partial charge in [-0.25, -0.2) is 0 Å². The summed E-state index contributed by atoms with van der Waals surface area (Å²) in [5, 5.41) is 5.62. The van der Waals surface area contributed by atoms with Crippen molar-refractivity contribution in [2.45, 2.75) is 53.5 Å². The van der Waals surface area contributed by atoms with Crippen LogP contribution in [0.1, 0.15) is 50.3 Å². The van der Waals surface area contributed by atoms with Crippen molar-refractivity contribution in [3.8, 4) is 0 Å². The second-order valence-electron chi connectivity index (χ2n) is 6.96. The predicted molar refractivity (Wildman–Crippen MR) is 121 cm³/mol. The van der Waals surface area contributed by atoms with Crippen molar-refractivity contribution >= 4 is 10.9 Å². The van der Waals surface area contributed by atoms with Crippen molar-refractivity contribution in [3.05, 3.63) is 89.9 Å². The minimum absolute atomic E-state index is 0.659. The Morgan fingerprint density at radius 1 is 0.964 bits per heavy atom. The van der Waals surface area contributed by atoms with Gasteiger partial charge >= 0.3 is 0 Å². The second-order valence-corrected chi connectivity index (χ2v) is 6.96. The summed E-state index contributed by atoms with van der Waals surface area (Å²) in [5.41, 5.74) is 5.19. The molecule has 0 atom stereocenters. The standard InChI is InChI=1S/C14H15N3.C9H12.C2H6/c1-11-8-16-17(10-11)7-6-12-9-15-14-5-3-2-4-13(12)14;1-8(2)9-6-4-3-5-7-9;1-2/h2-5,8-10,15H,6-7H2,1H3;3-8H,1-2H3;1-2H3. The SMILES string of the molecule is CC.CC(C)c1ccccc1.Cc1cnn(CCc2c[nH]c3ccccc23)c1. The topological polar surface area (TPSA) is 33.6 Å². The van der Waals surface area contributed by atoms with Gasteiger partial charge in [-0.05, 0) is 42.0 Å². The first-order valence-electron chi connectivity index (χ1n) is 10.2. The number of aromatic nitrogens is 3. The molecule has 0 bridgehead atoms. The van der Waals surface area contributed by atoms with E-state index in [1.54, 1.807) is 0 Å². The third-order valence-corrected chi connectivity index (χ3v) is 4.51. The molecular weight excluding hydrogens is 342 g/mol. The Morgan fingerprint density at radius 2 is 1.64 bits per heavy atom. The van der Waals surface area contributed by atoms with E-state index in [0.29, 0.717) is 5.92 Å². The molecule has 1 N–H and O–H groups in total. The number of nitrogens with zero attached hydrogens (tertiary/aromatic N) is 2. The number of aryl methyl sites for hydroxylation is 3. The fourth-order valence-electron chi connectivity index (χ4n) is 3.00. The molecule has 2 heterocycles. The molecule has 3 nitrogen and oxygen atoms in total. The average Bonchev–Trinajstić information content (AvgIpc) is 3.35. The molecule has 28 heavy (non-hydrogen) atoms. The van der Waals surface area contributed by atoms with Crippen LogP contribution in [0.25, 0.3) is 10.9 Å². The van der Waals surface area contributed by atoms with Crippen LogP contribution in [0.15, 0.2) is 73.2 Å². The van der Waals surface area contributed by atoms with Gasteiger partial charge in [-0.2, -0.15) is 5.10 Å². The van der Waals surface area contributed by atoms with E-state index < -0.39 is 0 Å². The summed E-state index contributed by atoms with van der Waals surface area (Å²) in [7, 11) is 0. The molecule has 148 valence electrons. The number of para-hydroxylation sites is 1. The highest BCUT2D eigenvalue weighted by molar-refractivity contribution is 5.82. The van der Waals surface area contributed by atoms with Crippen LogP contribution < -0.4 is 0 Å². The Hall–Kier alpha value is -2.81. The fourth-order valence-corrected chi connectivity index (χ4v) is 3.00. The lowest BCUT2D eigenvalue weighted by atomic mass is 10.0. The van der Waals surface area contributed by atoms with E-state index in [9.17, 15) is 0 Å². The zero-order chi connectivity index (χ0) is 20.4. The smallest absolute Gasteiger partial charge is 0.0518 e. The minimum Gasteiger partial charge on any atom is -0.361 e. The molecule has 0 unspecified atom stereocenters. The highest BCUT2D eigenvalue weighted by Gasteiger charge is 2.03. The number of rotatable bonds is 4. The Bertz CT molecular complexity index is 933. The summed E-state index contributed by atoms with van der Waals surface area (Å²) < 4.78 is 2.00. The monoisotopic (exact) mass is 375 g/mol. The van der Waals surface area contributed by atoms with Crippen LogP contribution in [0.2, 0.25) is 0 Å². The van der Waals surface area contributed by atoms with Crippen LogP contribution in [0.5, 0.6) is 0 Å². The first-order valence-corrected chi connectivity index (χ1v) is 10.2. The van der Waals surface area contributed by atoms with Crippen molar-refractivity contribution in [3.63, 3.8) is 0 Å². The molecule has 4 rings (SSSR count). The molecule has 4 aromatic rings. The van der Waals surface area contributed by atoms with E-state index in [1.807, 2.05) is 30.8 Å². The van der Waals surface area contributed by atoms with Crippen molar-refractivity contribution in [1.29, 1.82) is 0 Å². The van der Waals surface area contributed by atoms with Gasteiger partial charge in [-0.15, -0.1) is 0 Å². The van der Waals surface area contributed by atoms with Crippen molar-refractivity contribution in [2.24, 2.45) is 0 Å². The summed E-state index contributed by atoms with van der Waals surface area (Å²) in [5.74, 6) is 0.659. The summed E-state index contributed by atoms with van der Waals surface area (Å²) in [6, 6.07) is 18.9. The predicted octanol–water partition coefficient (Wildman–Crippen LogP) is 6.75. The lowest BCUT2D eigenvalue weighted by Gasteiger charge is -2.01. The molecule has 0 aliphatic carbocycles. The Labute approximate surface area is 169 Å². The van der Waals surface area contributed by atoms with Crippen LogP contribution in [-0.2, 0) is 13.0 Å². The number of aromatic amines is 1. The molecule has 2 aromatic carbocycles. The molecule has 3 heteroatoms. The molecule has 0 spiro atoms. The first kappa shape index (κ1) is 21.5. The highest BCUT2D eigenvalue weighted by Crippen LogP contribution is 2.18. The largest absolute Gasteiger partial charge is 0.361 e. The lowest BCUT2D eigenvalue weighted by Crippen LogP contribution is -2.01. The van der Waals surface area contributed by atoms with E-state index in [-0.39, 0.29) is 0 Å². The normalized spacial score (nSPS) is 10.2. The van der Waals surface area contributed by atoms with Gasteiger partial charge in [0, 0.05) is 29.8 Å². The second kappa shape index (κ2) is 11.1. The highest BCUT2D eigenvalue weighted by atomic mass is 15.3. The Morgan fingerprint density at radius 3 is 2.25 bits per heavy atom. The molecule has 0 amide bonds. The number of hydrogen-bond acceptors (Lipinski definition) is 1. The van der Waals surface area contributed by atoms with E-state index >= 15 is 0 Å². The maximum absolute atomic E-state index is 4.30. The molecule has 0 saturated carbocycles. The number of hydrogen-bond donors (Lipinski definition) is 1. The third-order valence-electron chi connectivity index (χ3n) is 4.51.